The van der Waals surface area contributed by atoms with Gasteiger partial charge in [-0.3, -0.25) is 9.59 Å². The van der Waals surface area contributed by atoms with Gasteiger partial charge in [0, 0.05) is 31.7 Å². The van der Waals surface area contributed by atoms with Crippen molar-refractivity contribution >= 4 is 23.5 Å². The highest BCUT2D eigenvalue weighted by molar-refractivity contribution is 6.01. The highest BCUT2D eigenvalue weighted by Gasteiger charge is 2.46. The van der Waals surface area contributed by atoms with Gasteiger partial charge in [0.2, 0.25) is 11.8 Å². The molecule has 1 aromatic carbocycles. The van der Waals surface area contributed by atoms with Crippen LogP contribution in [-0.4, -0.2) is 55.3 Å². The summed E-state index contributed by atoms with van der Waals surface area (Å²) in [6, 6.07) is 6.98. The molecule has 134 valence electrons. The van der Waals surface area contributed by atoms with Crippen molar-refractivity contribution in [2.45, 2.75) is 18.4 Å². The molecule has 2 aliphatic heterocycles. The first kappa shape index (κ1) is 17.2. The molecule has 2 fully saturated rings. The Bertz CT molecular complexity index is 681. The summed E-state index contributed by atoms with van der Waals surface area (Å²) in [5.74, 6) is -1.63. The Hall–Kier alpha value is -2.61. The minimum atomic E-state index is -1.40. The summed E-state index contributed by atoms with van der Waals surface area (Å²) >= 11 is 0. The Balaban J connectivity index is 1.69. The molecule has 0 aromatic heterocycles. The summed E-state index contributed by atoms with van der Waals surface area (Å²) < 4.78 is 10.2. The van der Waals surface area contributed by atoms with E-state index in [-0.39, 0.29) is 38.5 Å². The molecule has 8 heteroatoms. The van der Waals surface area contributed by atoms with Crippen LogP contribution in [0.15, 0.2) is 24.3 Å². The van der Waals surface area contributed by atoms with Gasteiger partial charge in [-0.15, -0.1) is 0 Å². The number of hydrogen-bond acceptors (Lipinski definition) is 5. The van der Waals surface area contributed by atoms with Gasteiger partial charge in [-0.1, -0.05) is 0 Å². The van der Waals surface area contributed by atoms with E-state index in [4.69, 9.17) is 9.47 Å². The number of nitrogens with zero attached hydrogens (tertiary/aromatic N) is 1. The summed E-state index contributed by atoms with van der Waals surface area (Å²) in [5, 5.41) is 12.0. The van der Waals surface area contributed by atoms with E-state index in [1.807, 2.05) is 0 Å². The number of methoxy groups -OCH3 is 1. The molecule has 2 heterocycles. The number of benzene rings is 1. The lowest BCUT2D eigenvalue weighted by molar-refractivity contribution is -0.148. The SMILES string of the molecule is COc1ccc(N2CC(C(=O)NC3(C(=O)O)CCOC3)CC2=O)cc1. The van der Waals surface area contributed by atoms with Crippen molar-refractivity contribution in [2.75, 3.05) is 31.8 Å². The third-order valence-corrected chi connectivity index (χ3v) is 4.67. The first-order valence-electron chi connectivity index (χ1n) is 8.03. The molecule has 2 saturated heterocycles. The first-order valence-corrected chi connectivity index (χ1v) is 8.03. The van der Waals surface area contributed by atoms with Crippen molar-refractivity contribution < 1.29 is 29.0 Å². The monoisotopic (exact) mass is 348 g/mol. The molecular formula is C17H20N2O6. The quantitative estimate of drug-likeness (QED) is 0.798. The number of carbonyl (C=O) groups excluding carboxylic acids is 2. The Kier molecular flexibility index (Phi) is 4.63. The smallest absolute Gasteiger partial charge is 0.331 e. The number of hydrogen-bond donors (Lipinski definition) is 2. The summed E-state index contributed by atoms with van der Waals surface area (Å²) in [7, 11) is 1.56. The lowest BCUT2D eigenvalue weighted by atomic mass is 9.97. The van der Waals surface area contributed by atoms with Crippen LogP contribution in [-0.2, 0) is 19.1 Å². The number of aliphatic carboxylic acids is 1. The molecule has 0 saturated carbocycles. The third-order valence-electron chi connectivity index (χ3n) is 4.67. The second kappa shape index (κ2) is 6.72. The maximum absolute atomic E-state index is 12.5. The minimum Gasteiger partial charge on any atom is -0.497 e. The Labute approximate surface area is 144 Å². The summed E-state index contributed by atoms with van der Waals surface area (Å²) in [4.78, 5) is 37.8. The zero-order valence-corrected chi connectivity index (χ0v) is 13.9. The van der Waals surface area contributed by atoms with E-state index in [0.29, 0.717) is 11.4 Å². The Morgan fingerprint density at radius 2 is 2.08 bits per heavy atom. The molecule has 3 rings (SSSR count). The molecule has 0 spiro atoms. The summed E-state index contributed by atoms with van der Waals surface area (Å²) in [6.45, 7) is 0.443. The van der Waals surface area contributed by atoms with E-state index in [1.54, 1.807) is 31.4 Å². The number of carboxylic acid groups (broad SMARTS) is 1. The normalized spacial score (nSPS) is 25.9. The number of ether oxygens (including phenoxy) is 2. The molecule has 2 amide bonds. The molecule has 2 N–H and O–H groups in total. The van der Waals surface area contributed by atoms with Gasteiger partial charge in [0.05, 0.1) is 19.6 Å². The first-order chi connectivity index (χ1) is 11.9. The standard InChI is InChI=1S/C17H20N2O6/c1-24-13-4-2-12(3-5-13)19-9-11(8-14(19)20)15(21)18-17(16(22)23)6-7-25-10-17/h2-5,11H,6-10H2,1H3,(H,18,21)(H,22,23). The molecule has 25 heavy (non-hydrogen) atoms. The molecular weight excluding hydrogens is 328 g/mol. The van der Waals surface area contributed by atoms with Gasteiger partial charge in [-0.2, -0.15) is 0 Å². The third kappa shape index (κ3) is 3.30. The molecule has 2 aliphatic rings. The van der Waals surface area contributed by atoms with Crippen LogP contribution in [0.1, 0.15) is 12.8 Å². The maximum atomic E-state index is 12.5. The van der Waals surface area contributed by atoms with Crippen molar-refractivity contribution in [3.63, 3.8) is 0 Å². The van der Waals surface area contributed by atoms with Gasteiger partial charge in [0.1, 0.15) is 5.75 Å². The predicted molar refractivity (Wildman–Crippen MR) is 87.4 cm³/mol. The van der Waals surface area contributed by atoms with E-state index in [9.17, 15) is 19.5 Å². The van der Waals surface area contributed by atoms with Crippen LogP contribution in [0.4, 0.5) is 5.69 Å². The zero-order valence-electron chi connectivity index (χ0n) is 13.9. The van der Waals surface area contributed by atoms with Gasteiger partial charge in [-0.25, -0.2) is 4.79 Å². The molecule has 2 atom stereocenters. The van der Waals surface area contributed by atoms with E-state index in [0.717, 1.165) is 0 Å². The van der Waals surface area contributed by atoms with Crippen LogP contribution in [0.5, 0.6) is 5.75 Å². The van der Waals surface area contributed by atoms with Gasteiger partial charge in [0.25, 0.3) is 0 Å². The number of carbonyl (C=O) groups is 3. The number of anilines is 1. The number of carboxylic acids is 1. The van der Waals surface area contributed by atoms with Crippen molar-refractivity contribution in [3.8, 4) is 5.75 Å². The van der Waals surface area contributed by atoms with Crippen molar-refractivity contribution in [3.05, 3.63) is 24.3 Å². The fraction of sp³-hybridized carbons (Fsp3) is 0.471. The topological polar surface area (TPSA) is 105 Å². The Morgan fingerprint density at radius 1 is 1.36 bits per heavy atom. The van der Waals surface area contributed by atoms with Crippen LogP contribution in [0.25, 0.3) is 0 Å². The molecule has 0 aliphatic carbocycles. The maximum Gasteiger partial charge on any atom is 0.331 e. The van der Waals surface area contributed by atoms with Crippen molar-refractivity contribution in [1.82, 2.24) is 5.32 Å². The lowest BCUT2D eigenvalue weighted by Gasteiger charge is -2.25. The average molecular weight is 348 g/mol. The number of rotatable bonds is 5. The van der Waals surface area contributed by atoms with Gasteiger partial charge in [0.15, 0.2) is 5.54 Å². The van der Waals surface area contributed by atoms with E-state index >= 15 is 0 Å². The van der Waals surface area contributed by atoms with Crippen LogP contribution < -0.4 is 15.0 Å². The highest BCUT2D eigenvalue weighted by Crippen LogP contribution is 2.28. The summed E-state index contributed by atoms with van der Waals surface area (Å²) in [6.07, 6.45) is 0.269. The predicted octanol–water partition coefficient (Wildman–Crippen LogP) is 0.408. The van der Waals surface area contributed by atoms with Crippen LogP contribution in [0.3, 0.4) is 0 Å². The number of nitrogens with one attached hydrogen (secondary N) is 1. The molecule has 0 radical (unpaired) electrons. The second-order valence-electron chi connectivity index (χ2n) is 6.28. The van der Waals surface area contributed by atoms with Crippen LogP contribution >= 0.6 is 0 Å². The molecule has 0 bridgehead atoms. The fourth-order valence-electron chi connectivity index (χ4n) is 3.12. The fourth-order valence-corrected chi connectivity index (χ4v) is 3.12. The lowest BCUT2D eigenvalue weighted by Crippen LogP contribution is -2.56. The molecule has 8 nitrogen and oxygen atoms in total. The zero-order chi connectivity index (χ0) is 18.0. The second-order valence-corrected chi connectivity index (χ2v) is 6.28. The largest absolute Gasteiger partial charge is 0.497 e. The highest BCUT2D eigenvalue weighted by atomic mass is 16.5. The van der Waals surface area contributed by atoms with E-state index < -0.39 is 23.3 Å². The van der Waals surface area contributed by atoms with Gasteiger partial charge < -0.3 is 24.8 Å². The van der Waals surface area contributed by atoms with E-state index in [1.165, 1.54) is 4.90 Å². The van der Waals surface area contributed by atoms with Crippen LogP contribution in [0, 0.1) is 5.92 Å². The number of amides is 2. The minimum absolute atomic E-state index is 0.0500. The molecule has 2 unspecified atom stereocenters. The average Bonchev–Trinajstić information content (AvgIpc) is 3.22. The van der Waals surface area contributed by atoms with E-state index in [2.05, 4.69) is 5.32 Å². The Morgan fingerprint density at radius 3 is 2.64 bits per heavy atom. The van der Waals surface area contributed by atoms with Crippen molar-refractivity contribution in [1.29, 1.82) is 0 Å². The van der Waals surface area contributed by atoms with Gasteiger partial charge in [-0.05, 0) is 24.3 Å². The van der Waals surface area contributed by atoms with Gasteiger partial charge >= 0.3 is 5.97 Å². The van der Waals surface area contributed by atoms with Crippen molar-refractivity contribution in [2.24, 2.45) is 5.92 Å². The van der Waals surface area contributed by atoms with Crippen LogP contribution in [0.2, 0.25) is 0 Å². The molecule has 1 aromatic rings. The summed E-state index contributed by atoms with van der Waals surface area (Å²) in [5.41, 5.74) is -0.716.